The summed E-state index contributed by atoms with van der Waals surface area (Å²) >= 11 is 1.45. The van der Waals surface area contributed by atoms with Crippen LogP contribution in [0, 0.1) is 0 Å². The van der Waals surface area contributed by atoms with E-state index in [9.17, 15) is 18.0 Å². The maximum atomic E-state index is 13.2. The first-order chi connectivity index (χ1) is 14.3. The Morgan fingerprint density at radius 2 is 1.80 bits per heavy atom. The molecule has 0 spiro atoms. The molecule has 0 aliphatic heterocycles. The van der Waals surface area contributed by atoms with E-state index in [-0.39, 0.29) is 0 Å². The van der Waals surface area contributed by atoms with Gasteiger partial charge in [0.05, 0.1) is 6.04 Å². The number of benzene rings is 1. The predicted octanol–water partition coefficient (Wildman–Crippen LogP) is 2.09. The Kier molecular flexibility index (Phi) is 5.52. The van der Waals surface area contributed by atoms with Crippen LogP contribution in [0.3, 0.4) is 0 Å². The number of nitrogens with zero attached hydrogens (tertiary/aromatic N) is 2. The quantitative estimate of drug-likeness (QED) is 0.651. The number of fused-ring (bicyclic) bond motifs is 1. The summed E-state index contributed by atoms with van der Waals surface area (Å²) in [6.07, 6.45) is 5.39. The molecule has 30 heavy (non-hydrogen) atoms. The average Bonchev–Trinajstić information content (AvgIpc) is 3.27. The monoisotopic (exact) mass is 445 g/mol. The zero-order valence-corrected chi connectivity index (χ0v) is 18.4. The van der Waals surface area contributed by atoms with E-state index in [0.29, 0.717) is 0 Å². The van der Waals surface area contributed by atoms with Crippen molar-refractivity contribution in [3.8, 4) is 0 Å². The van der Waals surface area contributed by atoms with E-state index in [4.69, 9.17) is 0 Å². The van der Waals surface area contributed by atoms with Gasteiger partial charge in [-0.3, -0.25) is 9.36 Å². The molecular formula is C21H23N3O4S2. The van der Waals surface area contributed by atoms with Crippen molar-refractivity contribution in [2.24, 2.45) is 14.1 Å². The molecule has 2 heterocycles. The molecule has 1 unspecified atom stereocenters. The smallest absolute Gasteiger partial charge is 0.302 e. The van der Waals surface area contributed by atoms with Gasteiger partial charge in [-0.25, -0.2) is 13.2 Å². The first kappa shape index (κ1) is 20.8. The molecule has 1 N–H and O–H groups in total. The number of aryl methyl sites for hydroxylation is 3. The normalized spacial score (nSPS) is 15.0. The van der Waals surface area contributed by atoms with Crippen molar-refractivity contribution >= 4 is 21.4 Å². The van der Waals surface area contributed by atoms with Gasteiger partial charge in [0, 0.05) is 25.2 Å². The molecule has 9 heteroatoms. The number of hydrogen-bond acceptors (Lipinski definition) is 5. The summed E-state index contributed by atoms with van der Waals surface area (Å²) in [5.74, 6) is 0. The molecule has 0 amide bonds. The summed E-state index contributed by atoms with van der Waals surface area (Å²) in [7, 11) is -1.50. The van der Waals surface area contributed by atoms with Crippen molar-refractivity contribution in [3.63, 3.8) is 0 Å². The molecule has 0 bridgehead atoms. The number of thiophene rings is 1. The Labute approximate surface area is 178 Å². The second kappa shape index (κ2) is 7.98. The minimum atomic E-state index is -4.18. The van der Waals surface area contributed by atoms with E-state index in [1.165, 1.54) is 43.0 Å². The largest absolute Gasteiger partial charge is 0.330 e. The first-order valence-corrected chi connectivity index (χ1v) is 12.1. The third-order valence-corrected chi connectivity index (χ3v) is 7.85. The van der Waals surface area contributed by atoms with Gasteiger partial charge in [0.1, 0.15) is 0 Å². The number of nitrogens with one attached hydrogen (secondary N) is 1. The van der Waals surface area contributed by atoms with E-state index >= 15 is 0 Å². The van der Waals surface area contributed by atoms with Crippen LogP contribution < -0.4 is 16.0 Å². The molecular weight excluding hydrogens is 422 g/mol. The average molecular weight is 446 g/mol. The van der Waals surface area contributed by atoms with E-state index < -0.39 is 32.2 Å². The lowest BCUT2D eigenvalue weighted by atomic mass is 9.89. The van der Waals surface area contributed by atoms with Gasteiger partial charge >= 0.3 is 5.69 Å². The van der Waals surface area contributed by atoms with Crippen molar-refractivity contribution in [1.82, 2.24) is 13.9 Å². The Morgan fingerprint density at radius 3 is 2.50 bits per heavy atom. The van der Waals surface area contributed by atoms with Crippen LogP contribution >= 0.6 is 11.3 Å². The second-order valence-corrected chi connectivity index (χ2v) is 10.2. The fraction of sp³-hybridized carbons (Fsp3) is 0.333. The second-order valence-electron chi connectivity index (χ2n) is 7.56. The van der Waals surface area contributed by atoms with Crippen molar-refractivity contribution < 1.29 is 8.42 Å². The van der Waals surface area contributed by atoms with Gasteiger partial charge in [-0.2, -0.15) is 4.72 Å². The lowest BCUT2D eigenvalue weighted by Crippen LogP contribution is -2.42. The fourth-order valence-corrected chi connectivity index (χ4v) is 6.10. The van der Waals surface area contributed by atoms with Crippen molar-refractivity contribution in [2.75, 3.05) is 0 Å². The summed E-state index contributed by atoms with van der Waals surface area (Å²) in [6, 6.07) is 9.21. The van der Waals surface area contributed by atoms with E-state index in [1.54, 1.807) is 0 Å². The zero-order valence-electron chi connectivity index (χ0n) is 16.8. The molecule has 1 aliphatic rings. The Balaban J connectivity index is 1.79. The molecule has 7 nitrogen and oxygen atoms in total. The van der Waals surface area contributed by atoms with Crippen LogP contribution in [0.1, 0.15) is 40.5 Å². The van der Waals surface area contributed by atoms with E-state index in [2.05, 4.69) is 16.9 Å². The highest BCUT2D eigenvalue weighted by Gasteiger charge is 2.28. The van der Waals surface area contributed by atoms with Gasteiger partial charge in [-0.15, -0.1) is 11.3 Å². The maximum absolute atomic E-state index is 13.2. The van der Waals surface area contributed by atoms with E-state index in [1.807, 2.05) is 23.6 Å². The third-order valence-electron chi connectivity index (χ3n) is 5.51. The predicted molar refractivity (Wildman–Crippen MR) is 116 cm³/mol. The number of aromatic nitrogens is 2. The molecule has 0 saturated heterocycles. The third kappa shape index (κ3) is 3.80. The molecule has 1 aliphatic carbocycles. The lowest BCUT2D eigenvalue weighted by Gasteiger charge is -2.22. The highest BCUT2D eigenvalue weighted by molar-refractivity contribution is 7.89. The molecule has 0 radical (unpaired) electrons. The van der Waals surface area contributed by atoms with Crippen LogP contribution in [0.2, 0.25) is 0 Å². The van der Waals surface area contributed by atoms with Gasteiger partial charge in [-0.1, -0.05) is 24.3 Å². The van der Waals surface area contributed by atoms with Crippen LogP contribution in [0.25, 0.3) is 0 Å². The molecule has 158 valence electrons. The molecule has 0 fully saturated rings. The minimum absolute atomic E-state index is 0.452. The fourth-order valence-electron chi connectivity index (χ4n) is 3.86. The van der Waals surface area contributed by atoms with Crippen LogP contribution in [-0.2, 0) is 37.0 Å². The van der Waals surface area contributed by atoms with Gasteiger partial charge in [0.25, 0.3) is 5.56 Å². The van der Waals surface area contributed by atoms with Crippen molar-refractivity contribution in [3.05, 3.63) is 84.3 Å². The molecule has 4 rings (SSSR count). The summed E-state index contributed by atoms with van der Waals surface area (Å²) in [5, 5.41) is 1.89. The number of hydrogen-bond donors (Lipinski definition) is 1. The van der Waals surface area contributed by atoms with Crippen LogP contribution in [0.4, 0.5) is 0 Å². The number of sulfonamides is 1. The highest BCUT2D eigenvalue weighted by atomic mass is 32.2. The Bertz CT molecular complexity index is 1310. The van der Waals surface area contributed by atoms with Crippen LogP contribution in [0.15, 0.2) is 56.4 Å². The highest BCUT2D eigenvalue weighted by Crippen LogP contribution is 2.31. The van der Waals surface area contributed by atoms with Crippen molar-refractivity contribution in [1.29, 1.82) is 0 Å². The van der Waals surface area contributed by atoms with Crippen LogP contribution in [0.5, 0.6) is 0 Å². The maximum Gasteiger partial charge on any atom is 0.330 e. The standard InChI is InChI=1S/C21H23N3O4S2/c1-23-13-18(20(25)24(2)21(23)26)30(27,28)22-19(17-8-5-11-29-17)16-10-9-14-6-3-4-7-15(14)12-16/h5,8-13,19,22H,3-4,6-7H2,1-2H3. The lowest BCUT2D eigenvalue weighted by molar-refractivity contribution is 0.563. The van der Waals surface area contributed by atoms with E-state index in [0.717, 1.165) is 45.0 Å². The summed E-state index contributed by atoms with van der Waals surface area (Å²) in [5.41, 5.74) is 1.97. The molecule has 2 aromatic heterocycles. The van der Waals surface area contributed by atoms with Gasteiger partial charge in [0.15, 0.2) is 4.90 Å². The Morgan fingerprint density at radius 1 is 1.07 bits per heavy atom. The molecule has 3 aromatic rings. The molecule has 0 saturated carbocycles. The molecule has 1 atom stereocenters. The first-order valence-electron chi connectivity index (χ1n) is 9.72. The summed E-state index contributed by atoms with van der Waals surface area (Å²) in [4.78, 5) is 24.8. The van der Waals surface area contributed by atoms with Gasteiger partial charge < -0.3 is 4.57 Å². The SMILES string of the molecule is Cn1cc(S(=O)(=O)NC(c2ccc3c(c2)CCCC3)c2cccs2)c(=O)n(C)c1=O. The van der Waals surface area contributed by atoms with Crippen LogP contribution in [-0.4, -0.2) is 17.6 Å². The minimum Gasteiger partial charge on any atom is -0.302 e. The number of rotatable bonds is 5. The molecule has 1 aromatic carbocycles. The zero-order chi connectivity index (χ0) is 21.5. The topological polar surface area (TPSA) is 90.2 Å². The Hall–Kier alpha value is -2.49. The summed E-state index contributed by atoms with van der Waals surface area (Å²) in [6.45, 7) is 0. The van der Waals surface area contributed by atoms with Gasteiger partial charge in [-0.05, 0) is 53.8 Å². The van der Waals surface area contributed by atoms with Gasteiger partial charge in [0.2, 0.25) is 10.0 Å². The van der Waals surface area contributed by atoms with Crippen molar-refractivity contribution in [2.45, 2.75) is 36.6 Å². The summed E-state index contributed by atoms with van der Waals surface area (Å²) < 4.78 is 31.0.